The standard InChI is InChI=1S/C30H36F3N9O/c1-5-11-41(27(43)24-7-10-36-28(40-24)30(31,32)33)12-8-18(2)19(3)21-13-29(14-21,20(4)34)42-16-22(15-39-42)25-23-6-9-35-26(23)38-17-37-25/h6-7,9-10,15-19,21,34H,5,8,11-14H2,1-4H3,(H,35,37,38). The SMILES string of the molecule is CCCN(CCC(C)C(C)C1CC(C(C)=N)(n2cc(-c3ncnc4[nH]ccc34)cn2)C1)C(=O)c1ccnc(C(F)(F)F)n1. The fourth-order valence-corrected chi connectivity index (χ4v) is 6.07. The van der Waals surface area contributed by atoms with E-state index in [0.717, 1.165) is 41.3 Å². The summed E-state index contributed by atoms with van der Waals surface area (Å²) in [5.74, 6) is -0.936. The van der Waals surface area contributed by atoms with E-state index in [1.807, 2.05) is 37.0 Å². The molecule has 1 amide bonds. The molecule has 0 aromatic carbocycles. The van der Waals surface area contributed by atoms with E-state index in [-0.39, 0.29) is 11.6 Å². The molecule has 0 spiro atoms. The molecule has 4 heterocycles. The highest BCUT2D eigenvalue weighted by Crippen LogP contribution is 2.50. The maximum Gasteiger partial charge on any atom is 0.451 e. The summed E-state index contributed by atoms with van der Waals surface area (Å²) < 4.78 is 41.2. The maximum atomic E-state index is 13.1. The molecular weight excluding hydrogens is 559 g/mol. The monoisotopic (exact) mass is 595 g/mol. The first-order chi connectivity index (χ1) is 20.4. The third kappa shape index (κ3) is 5.89. The van der Waals surface area contributed by atoms with Crippen LogP contribution >= 0.6 is 0 Å². The van der Waals surface area contributed by atoms with Gasteiger partial charge in [0, 0.05) is 48.3 Å². The number of aromatic nitrogens is 7. The Bertz CT molecular complexity index is 1610. The van der Waals surface area contributed by atoms with Gasteiger partial charge in [-0.1, -0.05) is 20.8 Å². The van der Waals surface area contributed by atoms with Crippen molar-refractivity contribution in [2.24, 2.45) is 17.8 Å². The van der Waals surface area contributed by atoms with Crippen molar-refractivity contribution in [2.75, 3.05) is 13.1 Å². The molecule has 13 heteroatoms. The second-order valence-corrected chi connectivity index (χ2v) is 11.6. The van der Waals surface area contributed by atoms with E-state index < -0.39 is 23.4 Å². The van der Waals surface area contributed by atoms with E-state index in [1.54, 1.807) is 11.1 Å². The molecule has 0 saturated heterocycles. The summed E-state index contributed by atoms with van der Waals surface area (Å²) in [4.78, 5) is 33.3. The highest BCUT2D eigenvalue weighted by Gasteiger charge is 2.50. The summed E-state index contributed by atoms with van der Waals surface area (Å²) in [6.07, 6.45) is 6.27. The van der Waals surface area contributed by atoms with Gasteiger partial charge in [0.25, 0.3) is 5.91 Å². The molecular formula is C30H36F3N9O. The Labute approximate surface area is 247 Å². The van der Waals surface area contributed by atoms with Gasteiger partial charge >= 0.3 is 6.18 Å². The number of hydrogen-bond donors (Lipinski definition) is 2. The second kappa shape index (κ2) is 11.8. The van der Waals surface area contributed by atoms with E-state index in [4.69, 9.17) is 5.41 Å². The number of H-pyrrole nitrogens is 1. The van der Waals surface area contributed by atoms with Crippen LogP contribution in [0.25, 0.3) is 22.3 Å². The van der Waals surface area contributed by atoms with Crippen molar-refractivity contribution in [1.82, 2.24) is 39.6 Å². The summed E-state index contributed by atoms with van der Waals surface area (Å²) in [6, 6.07) is 3.16. The van der Waals surface area contributed by atoms with Gasteiger partial charge in [-0.15, -0.1) is 0 Å². The minimum Gasteiger partial charge on any atom is -0.346 e. The molecule has 0 bridgehead atoms. The van der Waals surface area contributed by atoms with Crippen LogP contribution in [0, 0.1) is 23.2 Å². The zero-order valence-electron chi connectivity index (χ0n) is 24.7. The molecule has 228 valence electrons. The third-order valence-corrected chi connectivity index (χ3v) is 8.95. The zero-order valence-corrected chi connectivity index (χ0v) is 24.7. The zero-order chi connectivity index (χ0) is 30.9. The number of rotatable bonds is 11. The van der Waals surface area contributed by atoms with E-state index >= 15 is 0 Å². The van der Waals surface area contributed by atoms with Crippen LogP contribution in [0.3, 0.4) is 0 Å². The van der Waals surface area contributed by atoms with Crippen LogP contribution in [-0.4, -0.2) is 64.3 Å². The maximum absolute atomic E-state index is 13.1. The highest BCUT2D eigenvalue weighted by molar-refractivity contribution is 5.92. The minimum atomic E-state index is -4.72. The molecule has 2 atom stereocenters. The average Bonchev–Trinajstić information content (AvgIpc) is 3.64. The topological polar surface area (TPSA) is 129 Å². The van der Waals surface area contributed by atoms with Gasteiger partial charge in [0.15, 0.2) is 0 Å². The van der Waals surface area contributed by atoms with Gasteiger partial charge < -0.3 is 15.3 Å². The van der Waals surface area contributed by atoms with E-state index in [0.29, 0.717) is 43.5 Å². The molecule has 1 aliphatic rings. The van der Waals surface area contributed by atoms with Gasteiger partial charge in [-0.2, -0.15) is 18.3 Å². The van der Waals surface area contributed by atoms with Crippen LogP contribution in [0.4, 0.5) is 13.2 Å². The fourth-order valence-electron chi connectivity index (χ4n) is 6.07. The lowest BCUT2D eigenvalue weighted by Gasteiger charge is -2.51. The molecule has 1 fully saturated rings. The number of halogens is 3. The van der Waals surface area contributed by atoms with Crippen molar-refractivity contribution < 1.29 is 18.0 Å². The van der Waals surface area contributed by atoms with Crippen LogP contribution in [0.15, 0.2) is 43.2 Å². The summed E-state index contributed by atoms with van der Waals surface area (Å²) in [5.41, 5.74) is 2.20. The molecule has 5 rings (SSSR count). The quantitative estimate of drug-likeness (QED) is 0.205. The molecule has 0 aliphatic heterocycles. The van der Waals surface area contributed by atoms with E-state index in [1.165, 1.54) is 12.4 Å². The van der Waals surface area contributed by atoms with Crippen LogP contribution in [0.2, 0.25) is 0 Å². The number of nitrogens with one attached hydrogen (secondary N) is 2. The molecule has 10 nitrogen and oxygen atoms in total. The van der Waals surface area contributed by atoms with Gasteiger partial charge in [-0.25, -0.2) is 19.9 Å². The summed E-state index contributed by atoms with van der Waals surface area (Å²) in [6.45, 7) is 8.93. The predicted octanol–water partition coefficient (Wildman–Crippen LogP) is 5.99. The third-order valence-electron chi connectivity index (χ3n) is 8.95. The molecule has 4 aromatic rings. The van der Waals surface area contributed by atoms with Gasteiger partial charge in [-0.05, 0) is 62.5 Å². The molecule has 1 saturated carbocycles. The Morgan fingerprint density at radius 1 is 1.21 bits per heavy atom. The Morgan fingerprint density at radius 3 is 2.67 bits per heavy atom. The number of amides is 1. The number of alkyl halides is 3. The van der Waals surface area contributed by atoms with Gasteiger partial charge in [-0.3, -0.25) is 9.48 Å². The van der Waals surface area contributed by atoms with Crippen molar-refractivity contribution >= 4 is 22.7 Å². The van der Waals surface area contributed by atoms with Crippen LogP contribution in [0.1, 0.15) is 69.7 Å². The first kappa shape index (κ1) is 30.3. The molecule has 2 N–H and O–H groups in total. The molecule has 4 aromatic heterocycles. The number of carbonyl (C=O) groups excluding carboxylic acids is 1. The molecule has 2 unspecified atom stereocenters. The van der Waals surface area contributed by atoms with Crippen LogP contribution in [0.5, 0.6) is 0 Å². The Morgan fingerprint density at radius 2 is 1.98 bits per heavy atom. The Hall–Kier alpha value is -4.16. The Balaban J connectivity index is 1.23. The predicted molar refractivity (Wildman–Crippen MR) is 155 cm³/mol. The largest absolute Gasteiger partial charge is 0.451 e. The second-order valence-electron chi connectivity index (χ2n) is 11.6. The van der Waals surface area contributed by atoms with Crippen molar-refractivity contribution in [2.45, 2.75) is 65.1 Å². The Kier molecular flexibility index (Phi) is 8.35. The smallest absolute Gasteiger partial charge is 0.346 e. The van der Waals surface area contributed by atoms with Crippen molar-refractivity contribution in [3.05, 3.63) is 54.8 Å². The number of carbonyl (C=O) groups is 1. The lowest BCUT2D eigenvalue weighted by atomic mass is 9.59. The van der Waals surface area contributed by atoms with Crippen molar-refractivity contribution in [1.29, 1.82) is 5.41 Å². The van der Waals surface area contributed by atoms with Gasteiger partial charge in [0.1, 0.15) is 23.2 Å². The van der Waals surface area contributed by atoms with Gasteiger partial charge in [0.05, 0.1) is 11.9 Å². The molecule has 1 aliphatic carbocycles. The van der Waals surface area contributed by atoms with E-state index in [2.05, 4.69) is 43.9 Å². The van der Waals surface area contributed by atoms with E-state index in [9.17, 15) is 18.0 Å². The first-order valence-electron chi connectivity index (χ1n) is 14.5. The van der Waals surface area contributed by atoms with Crippen molar-refractivity contribution in [3.63, 3.8) is 0 Å². The summed E-state index contributed by atoms with van der Waals surface area (Å²) >= 11 is 0. The van der Waals surface area contributed by atoms with Crippen LogP contribution in [-0.2, 0) is 11.7 Å². The lowest BCUT2D eigenvalue weighted by molar-refractivity contribution is -0.145. The van der Waals surface area contributed by atoms with Crippen molar-refractivity contribution in [3.8, 4) is 11.3 Å². The van der Waals surface area contributed by atoms with Gasteiger partial charge in [0.2, 0.25) is 5.82 Å². The highest BCUT2D eigenvalue weighted by atomic mass is 19.4. The molecule has 43 heavy (non-hydrogen) atoms. The minimum absolute atomic E-state index is 0.244. The number of aromatic amines is 1. The van der Waals surface area contributed by atoms with Crippen LogP contribution < -0.4 is 0 Å². The average molecular weight is 596 g/mol. The number of hydrogen-bond acceptors (Lipinski definition) is 7. The molecule has 0 radical (unpaired) electrons. The normalized spacial score (nSPS) is 20.0. The fraction of sp³-hybridized carbons (Fsp3) is 0.500. The number of fused-ring (bicyclic) bond motifs is 1. The first-order valence-corrected chi connectivity index (χ1v) is 14.5. The number of nitrogens with zero attached hydrogens (tertiary/aromatic N) is 7. The lowest BCUT2D eigenvalue weighted by Crippen LogP contribution is -2.54. The summed E-state index contributed by atoms with van der Waals surface area (Å²) in [5, 5.41) is 14.2. The summed E-state index contributed by atoms with van der Waals surface area (Å²) in [7, 11) is 0.